The van der Waals surface area contributed by atoms with E-state index >= 15 is 0 Å². The highest BCUT2D eigenvalue weighted by molar-refractivity contribution is 7.80. The molecular weight excluding hydrogens is 222 g/mol. The second-order valence-corrected chi connectivity index (χ2v) is 4.83. The number of thiocarbonyl (C=S) groups is 1. The fourth-order valence-electron chi connectivity index (χ4n) is 1.59. The first-order valence-electron chi connectivity index (χ1n) is 4.63. The molecule has 0 saturated heterocycles. The predicted molar refractivity (Wildman–Crippen MR) is 70.4 cm³/mol. The van der Waals surface area contributed by atoms with Crippen LogP contribution in [0.3, 0.4) is 0 Å². The van der Waals surface area contributed by atoms with Crippen LogP contribution in [0.5, 0.6) is 0 Å². The van der Waals surface area contributed by atoms with Crippen molar-refractivity contribution in [3.63, 3.8) is 0 Å². The van der Waals surface area contributed by atoms with Crippen LogP contribution in [-0.4, -0.2) is 4.99 Å². The number of thiophene rings is 1. The average Bonchev–Trinajstić information content (AvgIpc) is 2.61. The highest BCUT2D eigenvalue weighted by Crippen LogP contribution is 2.30. The van der Waals surface area contributed by atoms with Gasteiger partial charge in [-0.05, 0) is 17.9 Å². The Morgan fingerprint density at radius 1 is 1.27 bits per heavy atom. The molecule has 15 heavy (non-hydrogen) atoms. The Hall–Kier alpha value is -1.19. The van der Waals surface area contributed by atoms with E-state index in [1.165, 1.54) is 10.4 Å². The first kappa shape index (κ1) is 10.3. The molecule has 0 saturated carbocycles. The number of nitrogens with two attached hydrogens (primary N) is 1. The van der Waals surface area contributed by atoms with Crippen molar-refractivity contribution < 1.29 is 0 Å². The third kappa shape index (κ3) is 1.94. The molecule has 1 aromatic heterocycles. The Morgan fingerprint density at radius 2 is 1.93 bits per heavy atom. The molecule has 76 valence electrons. The summed E-state index contributed by atoms with van der Waals surface area (Å²) in [5, 5.41) is 2.11. The minimum atomic E-state index is 0.479. The summed E-state index contributed by atoms with van der Waals surface area (Å²) in [7, 11) is 0. The maximum absolute atomic E-state index is 5.74. The van der Waals surface area contributed by atoms with E-state index in [1.807, 2.05) is 25.1 Å². The van der Waals surface area contributed by atoms with E-state index in [9.17, 15) is 0 Å². The SMILES string of the molecule is Cc1scc(-c2ccccc2)c1C(N)=S. The monoisotopic (exact) mass is 233 g/mol. The van der Waals surface area contributed by atoms with Gasteiger partial charge in [-0.1, -0.05) is 42.5 Å². The van der Waals surface area contributed by atoms with Gasteiger partial charge in [0.25, 0.3) is 0 Å². The Morgan fingerprint density at radius 3 is 2.53 bits per heavy atom. The van der Waals surface area contributed by atoms with Crippen molar-refractivity contribution in [3.05, 3.63) is 46.2 Å². The lowest BCUT2D eigenvalue weighted by Crippen LogP contribution is -2.10. The molecule has 0 aliphatic carbocycles. The largest absolute Gasteiger partial charge is 0.389 e. The lowest BCUT2D eigenvalue weighted by molar-refractivity contribution is 1.56. The number of benzene rings is 1. The molecule has 1 aromatic carbocycles. The second kappa shape index (κ2) is 4.13. The van der Waals surface area contributed by atoms with Crippen LogP contribution in [0.15, 0.2) is 35.7 Å². The van der Waals surface area contributed by atoms with Crippen LogP contribution in [0.2, 0.25) is 0 Å². The fourth-order valence-corrected chi connectivity index (χ4v) is 2.81. The van der Waals surface area contributed by atoms with Crippen molar-refractivity contribution in [2.45, 2.75) is 6.92 Å². The van der Waals surface area contributed by atoms with Crippen LogP contribution in [0.4, 0.5) is 0 Å². The minimum absolute atomic E-state index is 0.479. The van der Waals surface area contributed by atoms with E-state index < -0.39 is 0 Å². The summed E-state index contributed by atoms with van der Waals surface area (Å²) in [4.78, 5) is 1.66. The highest BCUT2D eigenvalue weighted by atomic mass is 32.1. The van der Waals surface area contributed by atoms with Gasteiger partial charge in [0, 0.05) is 16.0 Å². The molecule has 0 aliphatic rings. The van der Waals surface area contributed by atoms with Gasteiger partial charge in [0.05, 0.1) is 0 Å². The lowest BCUT2D eigenvalue weighted by Gasteiger charge is -2.03. The van der Waals surface area contributed by atoms with E-state index in [1.54, 1.807) is 11.3 Å². The van der Waals surface area contributed by atoms with E-state index in [4.69, 9.17) is 18.0 Å². The Bertz CT molecular complexity index is 486. The van der Waals surface area contributed by atoms with Crippen molar-refractivity contribution in [3.8, 4) is 11.1 Å². The van der Waals surface area contributed by atoms with Crippen molar-refractivity contribution in [1.82, 2.24) is 0 Å². The molecule has 0 radical (unpaired) electrons. The molecule has 1 nitrogen and oxygen atoms in total. The van der Waals surface area contributed by atoms with Crippen molar-refractivity contribution in [2.75, 3.05) is 0 Å². The van der Waals surface area contributed by atoms with Crippen LogP contribution < -0.4 is 5.73 Å². The molecule has 0 aliphatic heterocycles. The number of aryl methyl sites for hydroxylation is 1. The van der Waals surface area contributed by atoms with Crippen LogP contribution >= 0.6 is 23.6 Å². The summed E-state index contributed by atoms with van der Waals surface area (Å²) in [6.07, 6.45) is 0. The Labute approximate surface area is 98.6 Å². The number of hydrogen-bond acceptors (Lipinski definition) is 2. The van der Waals surface area contributed by atoms with Gasteiger partial charge in [-0.2, -0.15) is 0 Å². The Kier molecular flexibility index (Phi) is 2.84. The van der Waals surface area contributed by atoms with Crippen molar-refractivity contribution >= 4 is 28.5 Å². The number of rotatable bonds is 2. The molecule has 0 atom stereocenters. The fraction of sp³-hybridized carbons (Fsp3) is 0.0833. The normalized spacial score (nSPS) is 10.2. The molecule has 0 amide bonds. The summed E-state index contributed by atoms with van der Waals surface area (Å²) in [6.45, 7) is 2.05. The van der Waals surface area contributed by atoms with Crippen LogP contribution in [0.25, 0.3) is 11.1 Å². The zero-order valence-corrected chi connectivity index (χ0v) is 9.99. The first-order chi connectivity index (χ1) is 7.20. The summed E-state index contributed by atoms with van der Waals surface area (Å²) in [6, 6.07) is 10.2. The summed E-state index contributed by atoms with van der Waals surface area (Å²) < 4.78 is 0. The average molecular weight is 233 g/mol. The van der Waals surface area contributed by atoms with Gasteiger partial charge in [-0.25, -0.2) is 0 Å². The maximum atomic E-state index is 5.74. The molecule has 2 rings (SSSR count). The third-order valence-electron chi connectivity index (χ3n) is 2.31. The molecule has 0 unspecified atom stereocenters. The van der Waals surface area contributed by atoms with E-state index in [-0.39, 0.29) is 0 Å². The third-order valence-corrected chi connectivity index (χ3v) is 3.42. The zero-order chi connectivity index (χ0) is 10.8. The first-order valence-corrected chi connectivity index (χ1v) is 5.92. The van der Waals surface area contributed by atoms with Gasteiger partial charge in [0.2, 0.25) is 0 Å². The lowest BCUT2D eigenvalue weighted by atomic mass is 10.0. The van der Waals surface area contributed by atoms with Crippen LogP contribution in [-0.2, 0) is 0 Å². The summed E-state index contributed by atoms with van der Waals surface area (Å²) in [5.41, 5.74) is 9.07. The highest BCUT2D eigenvalue weighted by Gasteiger charge is 2.11. The molecule has 0 bridgehead atoms. The zero-order valence-electron chi connectivity index (χ0n) is 8.36. The van der Waals surface area contributed by atoms with E-state index in [0.29, 0.717) is 4.99 Å². The van der Waals surface area contributed by atoms with Gasteiger partial charge in [0.1, 0.15) is 4.99 Å². The molecule has 1 heterocycles. The van der Waals surface area contributed by atoms with Gasteiger partial charge >= 0.3 is 0 Å². The van der Waals surface area contributed by atoms with Gasteiger partial charge in [-0.15, -0.1) is 11.3 Å². The van der Waals surface area contributed by atoms with E-state index in [2.05, 4.69) is 17.5 Å². The maximum Gasteiger partial charge on any atom is 0.105 e. The van der Waals surface area contributed by atoms with Crippen molar-refractivity contribution in [2.24, 2.45) is 5.73 Å². The molecule has 2 aromatic rings. The van der Waals surface area contributed by atoms with E-state index in [0.717, 1.165) is 11.1 Å². The molecule has 0 spiro atoms. The molecule has 0 fully saturated rings. The number of hydrogen-bond donors (Lipinski definition) is 1. The van der Waals surface area contributed by atoms with Gasteiger partial charge in [-0.3, -0.25) is 0 Å². The smallest absolute Gasteiger partial charge is 0.105 e. The van der Waals surface area contributed by atoms with Crippen LogP contribution in [0.1, 0.15) is 10.4 Å². The topological polar surface area (TPSA) is 26.0 Å². The molecule has 2 N–H and O–H groups in total. The quantitative estimate of drug-likeness (QED) is 0.805. The van der Waals surface area contributed by atoms with Gasteiger partial charge < -0.3 is 5.73 Å². The summed E-state index contributed by atoms with van der Waals surface area (Å²) >= 11 is 6.76. The minimum Gasteiger partial charge on any atom is -0.389 e. The van der Waals surface area contributed by atoms with Crippen LogP contribution in [0, 0.1) is 6.92 Å². The molecular formula is C12H11NS2. The van der Waals surface area contributed by atoms with Gasteiger partial charge in [0.15, 0.2) is 0 Å². The second-order valence-electron chi connectivity index (χ2n) is 3.31. The van der Waals surface area contributed by atoms with Crippen molar-refractivity contribution in [1.29, 1.82) is 0 Å². The molecule has 3 heteroatoms. The standard InChI is InChI=1S/C12H11NS2/c1-8-11(12(13)14)10(7-15-8)9-5-3-2-4-6-9/h2-7H,1H3,(H2,13,14). The Balaban J connectivity index is 2.59. The predicted octanol–water partition coefficient (Wildman–Crippen LogP) is 3.36. The summed E-state index contributed by atoms with van der Waals surface area (Å²) in [5.74, 6) is 0.